The van der Waals surface area contributed by atoms with E-state index in [0.29, 0.717) is 0 Å². The Hall–Kier alpha value is -1.70. The molecule has 0 saturated heterocycles. The first-order valence-electron chi connectivity index (χ1n) is 4.64. The van der Waals surface area contributed by atoms with Crippen molar-refractivity contribution < 1.29 is 17.7 Å². The topological polar surface area (TPSA) is 89.3 Å². The lowest BCUT2D eigenvalue weighted by Crippen LogP contribution is -2.14. The fourth-order valence-electron chi connectivity index (χ4n) is 1.16. The summed E-state index contributed by atoms with van der Waals surface area (Å²) in [5.74, 6) is -0.877. The van der Waals surface area contributed by atoms with Crippen LogP contribution in [0.4, 0.5) is 15.8 Å². The number of hydrogen-bond acceptors (Lipinski definition) is 5. The fraction of sp³-hybridized carbons (Fsp3) is 0.333. The van der Waals surface area contributed by atoms with Crippen LogP contribution in [0.2, 0.25) is 0 Å². The molecule has 0 atom stereocenters. The number of nitrogens with zero attached hydrogens (tertiary/aromatic N) is 1. The number of non-ortho nitro benzene ring substituents is 1. The first-order chi connectivity index (χ1) is 7.78. The Morgan fingerprint density at radius 2 is 2.06 bits per heavy atom. The molecule has 0 aliphatic carbocycles. The predicted molar refractivity (Wildman–Crippen MR) is 61.3 cm³/mol. The molecule has 0 amide bonds. The van der Waals surface area contributed by atoms with Gasteiger partial charge in [0, 0.05) is 24.6 Å². The summed E-state index contributed by atoms with van der Waals surface area (Å²) in [6.45, 7) is 0.0689. The zero-order valence-corrected chi connectivity index (χ0v) is 9.83. The summed E-state index contributed by atoms with van der Waals surface area (Å²) >= 11 is 0. The molecule has 0 bridgehead atoms. The first-order valence-corrected chi connectivity index (χ1v) is 6.70. The van der Waals surface area contributed by atoms with Gasteiger partial charge in [0.2, 0.25) is 0 Å². The van der Waals surface area contributed by atoms with Crippen LogP contribution in [0.15, 0.2) is 18.2 Å². The number of nitro groups is 1. The van der Waals surface area contributed by atoms with Gasteiger partial charge in [-0.1, -0.05) is 0 Å². The maximum atomic E-state index is 13.0. The molecule has 0 spiro atoms. The molecule has 1 N–H and O–H groups in total. The SMILES string of the molecule is CS(=O)(=O)CCNc1cc(F)cc([N+](=O)[O-])c1. The largest absolute Gasteiger partial charge is 0.384 e. The van der Waals surface area contributed by atoms with Gasteiger partial charge in [0.25, 0.3) is 5.69 Å². The Morgan fingerprint density at radius 1 is 1.41 bits per heavy atom. The van der Waals surface area contributed by atoms with Crippen molar-refractivity contribution in [3.8, 4) is 0 Å². The highest BCUT2D eigenvalue weighted by Crippen LogP contribution is 2.19. The molecule has 1 rings (SSSR count). The number of sulfone groups is 1. The molecule has 6 nitrogen and oxygen atoms in total. The minimum atomic E-state index is -3.12. The molecule has 94 valence electrons. The second kappa shape index (κ2) is 5.09. The quantitative estimate of drug-likeness (QED) is 0.636. The van der Waals surface area contributed by atoms with E-state index < -0.39 is 20.6 Å². The van der Waals surface area contributed by atoms with Crippen LogP contribution in [0.5, 0.6) is 0 Å². The van der Waals surface area contributed by atoms with Gasteiger partial charge in [-0.15, -0.1) is 0 Å². The van der Waals surface area contributed by atoms with Crippen LogP contribution in [0.3, 0.4) is 0 Å². The molecule has 0 aromatic heterocycles. The molecule has 0 aliphatic rings. The zero-order valence-electron chi connectivity index (χ0n) is 9.01. The van der Waals surface area contributed by atoms with Crippen LogP contribution in [0, 0.1) is 15.9 Å². The van der Waals surface area contributed by atoms with Crippen LogP contribution in [0.25, 0.3) is 0 Å². The lowest BCUT2D eigenvalue weighted by molar-refractivity contribution is -0.385. The highest BCUT2D eigenvalue weighted by molar-refractivity contribution is 7.90. The van der Waals surface area contributed by atoms with Crippen molar-refractivity contribution in [1.82, 2.24) is 0 Å². The summed E-state index contributed by atoms with van der Waals surface area (Å²) in [6, 6.07) is 3.00. The summed E-state index contributed by atoms with van der Waals surface area (Å²) in [5, 5.41) is 13.1. The number of hydrogen-bond donors (Lipinski definition) is 1. The molecular weight excluding hydrogens is 251 g/mol. The third-order valence-electron chi connectivity index (χ3n) is 1.90. The van der Waals surface area contributed by atoms with Crippen LogP contribution < -0.4 is 5.32 Å². The number of nitro benzene ring substituents is 1. The van der Waals surface area contributed by atoms with Crippen molar-refractivity contribution in [1.29, 1.82) is 0 Å². The van der Waals surface area contributed by atoms with Gasteiger partial charge in [0.15, 0.2) is 0 Å². The molecule has 8 heteroatoms. The standard InChI is InChI=1S/C9H11FN2O4S/c1-17(15,16)3-2-11-8-4-7(10)5-9(6-8)12(13)14/h4-6,11H,2-3H2,1H3. The van der Waals surface area contributed by atoms with Crippen molar-refractivity contribution >= 4 is 21.2 Å². The van der Waals surface area contributed by atoms with Crippen molar-refractivity contribution in [2.45, 2.75) is 0 Å². The average Bonchev–Trinajstić information content (AvgIpc) is 2.14. The van der Waals surface area contributed by atoms with E-state index in [1.807, 2.05) is 0 Å². The highest BCUT2D eigenvalue weighted by atomic mass is 32.2. The van der Waals surface area contributed by atoms with E-state index in [0.717, 1.165) is 24.5 Å². The smallest absolute Gasteiger partial charge is 0.274 e. The fourth-order valence-corrected chi connectivity index (χ4v) is 1.64. The number of rotatable bonds is 5. The minimum Gasteiger partial charge on any atom is -0.384 e. The monoisotopic (exact) mass is 262 g/mol. The van der Waals surface area contributed by atoms with E-state index in [9.17, 15) is 22.9 Å². The number of benzene rings is 1. The Kier molecular flexibility index (Phi) is 4.00. The van der Waals surface area contributed by atoms with E-state index in [1.54, 1.807) is 0 Å². The Morgan fingerprint density at radius 3 is 2.59 bits per heavy atom. The molecule has 0 heterocycles. The van der Waals surface area contributed by atoms with Gasteiger partial charge in [-0.25, -0.2) is 12.8 Å². The van der Waals surface area contributed by atoms with Gasteiger partial charge >= 0.3 is 0 Å². The molecular formula is C9H11FN2O4S. The van der Waals surface area contributed by atoms with Crippen LogP contribution >= 0.6 is 0 Å². The normalized spacial score (nSPS) is 11.2. The summed E-state index contributed by atoms with van der Waals surface area (Å²) in [6.07, 6.45) is 1.07. The lowest BCUT2D eigenvalue weighted by Gasteiger charge is -2.05. The Balaban J connectivity index is 2.75. The second-order valence-electron chi connectivity index (χ2n) is 3.51. The van der Waals surface area contributed by atoms with E-state index in [-0.39, 0.29) is 23.7 Å². The van der Waals surface area contributed by atoms with E-state index in [1.165, 1.54) is 0 Å². The van der Waals surface area contributed by atoms with Gasteiger partial charge in [-0.05, 0) is 6.07 Å². The van der Waals surface area contributed by atoms with Gasteiger partial charge in [0.05, 0.1) is 16.7 Å². The Bertz CT molecular complexity index is 530. The van der Waals surface area contributed by atoms with E-state index in [2.05, 4.69) is 5.32 Å². The highest BCUT2D eigenvalue weighted by Gasteiger charge is 2.10. The molecule has 0 saturated carbocycles. The van der Waals surface area contributed by atoms with Crippen molar-refractivity contribution in [3.63, 3.8) is 0 Å². The zero-order chi connectivity index (χ0) is 13.1. The summed E-state index contributed by atoms with van der Waals surface area (Å²) in [7, 11) is -3.12. The summed E-state index contributed by atoms with van der Waals surface area (Å²) in [4.78, 5) is 9.74. The molecule has 17 heavy (non-hydrogen) atoms. The van der Waals surface area contributed by atoms with Gasteiger partial charge in [-0.3, -0.25) is 10.1 Å². The third-order valence-corrected chi connectivity index (χ3v) is 2.84. The third kappa shape index (κ3) is 4.77. The summed E-state index contributed by atoms with van der Waals surface area (Å²) < 4.78 is 34.7. The van der Waals surface area contributed by atoms with Crippen LogP contribution in [-0.2, 0) is 9.84 Å². The molecule has 0 unspecified atom stereocenters. The lowest BCUT2D eigenvalue weighted by atomic mass is 10.2. The van der Waals surface area contributed by atoms with Crippen molar-refractivity contribution in [3.05, 3.63) is 34.1 Å². The minimum absolute atomic E-state index is 0.0689. The number of nitrogens with one attached hydrogen (secondary N) is 1. The van der Waals surface area contributed by atoms with Gasteiger partial charge in [-0.2, -0.15) is 0 Å². The molecule has 0 fully saturated rings. The van der Waals surface area contributed by atoms with E-state index in [4.69, 9.17) is 0 Å². The molecule has 1 aromatic rings. The average molecular weight is 262 g/mol. The van der Waals surface area contributed by atoms with Gasteiger partial charge in [0.1, 0.15) is 15.7 Å². The molecule has 1 aromatic carbocycles. The van der Waals surface area contributed by atoms with Crippen LogP contribution in [-0.4, -0.2) is 31.9 Å². The summed E-state index contributed by atoms with van der Waals surface area (Å²) in [5.41, 5.74) is -0.202. The molecule has 0 radical (unpaired) electrons. The van der Waals surface area contributed by atoms with Gasteiger partial charge < -0.3 is 5.32 Å². The predicted octanol–water partition coefficient (Wildman–Crippen LogP) is 1.19. The van der Waals surface area contributed by atoms with Crippen molar-refractivity contribution in [2.75, 3.05) is 23.9 Å². The maximum Gasteiger partial charge on any atom is 0.274 e. The second-order valence-corrected chi connectivity index (χ2v) is 5.77. The first kappa shape index (κ1) is 13.4. The van der Waals surface area contributed by atoms with Crippen LogP contribution in [0.1, 0.15) is 0 Å². The van der Waals surface area contributed by atoms with E-state index >= 15 is 0 Å². The maximum absolute atomic E-state index is 13.0. The number of halogens is 1. The molecule has 0 aliphatic heterocycles. The van der Waals surface area contributed by atoms with Crippen molar-refractivity contribution in [2.24, 2.45) is 0 Å². The Labute approximate surface area is 97.5 Å². The number of anilines is 1.